The molecule has 0 aliphatic heterocycles. The van der Waals surface area contributed by atoms with Crippen LogP contribution in [0.1, 0.15) is 19.8 Å². The van der Waals surface area contributed by atoms with E-state index in [0.29, 0.717) is 0 Å². The first kappa shape index (κ1) is 24.0. The SMILES string of the molecule is CC(O)(C=CC(O)CC=CC(=O)O)C(O)CC(O)C=CC=CC=CCO. The van der Waals surface area contributed by atoms with Gasteiger partial charge in [0.2, 0.25) is 0 Å². The lowest BCUT2D eigenvalue weighted by Gasteiger charge is -2.27. The number of carboxylic acids is 1. The van der Waals surface area contributed by atoms with Crippen LogP contribution in [0.3, 0.4) is 0 Å². The number of carbonyl (C=O) groups is 1. The summed E-state index contributed by atoms with van der Waals surface area (Å²) in [6, 6.07) is 0. The molecule has 0 saturated heterocycles. The van der Waals surface area contributed by atoms with Gasteiger partial charge in [0.15, 0.2) is 0 Å². The Hall–Kier alpha value is -2.03. The maximum atomic E-state index is 10.3. The van der Waals surface area contributed by atoms with Crippen molar-refractivity contribution in [3.05, 3.63) is 60.8 Å². The van der Waals surface area contributed by atoms with E-state index in [4.69, 9.17) is 10.2 Å². The molecule has 0 heterocycles. The van der Waals surface area contributed by atoms with Crippen molar-refractivity contribution < 1.29 is 35.4 Å². The van der Waals surface area contributed by atoms with Crippen molar-refractivity contribution in [1.29, 1.82) is 0 Å². The maximum Gasteiger partial charge on any atom is 0.327 e. The lowest BCUT2D eigenvalue weighted by Crippen LogP contribution is -2.39. The third-order valence-corrected chi connectivity index (χ3v) is 3.34. The van der Waals surface area contributed by atoms with Crippen LogP contribution in [-0.4, -0.2) is 67.1 Å². The van der Waals surface area contributed by atoms with E-state index in [1.54, 1.807) is 30.4 Å². The normalized spacial score (nSPS) is 19.0. The predicted octanol–water partition coefficient (Wildman–Crippen LogP) is 0.458. The lowest BCUT2D eigenvalue weighted by molar-refractivity contribution is -0.131. The third kappa shape index (κ3) is 12.3. The van der Waals surface area contributed by atoms with Gasteiger partial charge in [-0.15, -0.1) is 0 Å². The molecule has 0 rings (SSSR count). The van der Waals surface area contributed by atoms with E-state index in [1.165, 1.54) is 31.2 Å². The topological polar surface area (TPSA) is 138 Å². The molecule has 4 unspecified atom stereocenters. The number of aliphatic hydroxyl groups is 5. The zero-order valence-corrected chi connectivity index (χ0v) is 14.7. The van der Waals surface area contributed by atoms with E-state index < -0.39 is 29.9 Å². The minimum Gasteiger partial charge on any atom is -0.478 e. The summed E-state index contributed by atoms with van der Waals surface area (Å²) in [7, 11) is 0. The van der Waals surface area contributed by atoms with E-state index in [2.05, 4.69) is 0 Å². The largest absolute Gasteiger partial charge is 0.478 e. The molecule has 146 valence electrons. The van der Waals surface area contributed by atoms with Crippen LogP contribution in [-0.2, 0) is 4.79 Å². The number of allylic oxidation sites excluding steroid dienone is 4. The molecule has 0 bridgehead atoms. The van der Waals surface area contributed by atoms with E-state index in [0.717, 1.165) is 6.08 Å². The van der Waals surface area contributed by atoms with E-state index >= 15 is 0 Å². The monoisotopic (exact) mass is 368 g/mol. The van der Waals surface area contributed by atoms with Gasteiger partial charge in [-0.1, -0.05) is 54.7 Å². The molecule has 0 amide bonds. The lowest BCUT2D eigenvalue weighted by atomic mass is 9.93. The minimum atomic E-state index is -1.67. The Labute approximate surface area is 153 Å². The van der Waals surface area contributed by atoms with Gasteiger partial charge < -0.3 is 30.6 Å². The molecule has 0 aromatic heterocycles. The van der Waals surface area contributed by atoms with Crippen LogP contribution in [0.4, 0.5) is 0 Å². The van der Waals surface area contributed by atoms with Crippen molar-refractivity contribution in [3.8, 4) is 0 Å². The Morgan fingerprint density at radius 2 is 1.65 bits per heavy atom. The Balaban J connectivity index is 4.51. The number of aliphatic hydroxyl groups excluding tert-OH is 4. The molecule has 7 nitrogen and oxygen atoms in total. The number of aliphatic carboxylic acids is 1. The highest BCUT2D eigenvalue weighted by Gasteiger charge is 2.28. The molecule has 0 radical (unpaired) electrons. The maximum absolute atomic E-state index is 10.3. The fourth-order valence-corrected chi connectivity index (χ4v) is 1.81. The van der Waals surface area contributed by atoms with Gasteiger partial charge in [-0.05, 0) is 13.3 Å². The molecule has 0 aromatic rings. The van der Waals surface area contributed by atoms with Crippen LogP contribution in [0.2, 0.25) is 0 Å². The van der Waals surface area contributed by atoms with Crippen molar-refractivity contribution in [2.24, 2.45) is 0 Å². The van der Waals surface area contributed by atoms with Crippen LogP contribution in [0.5, 0.6) is 0 Å². The van der Waals surface area contributed by atoms with Crippen LogP contribution >= 0.6 is 0 Å². The van der Waals surface area contributed by atoms with E-state index in [1.807, 2.05) is 0 Å². The predicted molar refractivity (Wildman–Crippen MR) is 98.3 cm³/mol. The van der Waals surface area contributed by atoms with Crippen molar-refractivity contribution in [3.63, 3.8) is 0 Å². The number of rotatable bonds is 12. The minimum absolute atomic E-state index is 0.0530. The highest BCUT2D eigenvalue weighted by Crippen LogP contribution is 2.18. The molecule has 0 saturated carbocycles. The molecule has 7 heteroatoms. The summed E-state index contributed by atoms with van der Waals surface area (Å²) >= 11 is 0. The average Bonchev–Trinajstić information content (AvgIpc) is 2.55. The second-order valence-electron chi connectivity index (χ2n) is 5.83. The molecule has 0 aliphatic rings. The Morgan fingerprint density at radius 1 is 1.00 bits per heavy atom. The molecule has 6 N–H and O–H groups in total. The Kier molecular flexibility index (Phi) is 12.2. The van der Waals surface area contributed by atoms with E-state index in [-0.39, 0.29) is 19.4 Å². The fraction of sp³-hybridized carbons (Fsp3) is 0.421. The average molecular weight is 368 g/mol. The molecule has 0 aromatic carbocycles. The highest BCUT2D eigenvalue weighted by atomic mass is 16.4. The number of hydrogen-bond acceptors (Lipinski definition) is 6. The fourth-order valence-electron chi connectivity index (χ4n) is 1.81. The van der Waals surface area contributed by atoms with Gasteiger partial charge in [-0.2, -0.15) is 0 Å². The number of hydrogen-bond donors (Lipinski definition) is 6. The summed E-state index contributed by atoms with van der Waals surface area (Å²) in [6.45, 7) is 1.28. The second-order valence-corrected chi connectivity index (χ2v) is 5.83. The molecule has 0 aliphatic carbocycles. The van der Waals surface area contributed by atoms with Gasteiger partial charge in [-0.25, -0.2) is 4.79 Å². The van der Waals surface area contributed by atoms with Gasteiger partial charge in [0, 0.05) is 12.5 Å². The number of carboxylic acid groups (broad SMARTS) is 1. The molecule has 0 fully saturated rings. The van der Waals surface area contributed by atoms with Gasteiger partial charge in [0.05, 0.1) is 24.9 Å². The van der Waals surface area contributed by atoms with Crippen LogP contribution in [0, 0.1) is 0 Å². The summed E-state index contributed by atoms with van der Waals surface area (Å²) in [6.07, 6.45) is 10.8. The van der Waals surface area contributed by atoms with Gasteiger partial charge in [-0.3, -0.25) is 0 Å². The smallest absolute Gasteiger partial charge is 0.327 e. The van der Waals surface area contributed by atoms with Crippen LogP contribution < -0.4 is 0 Å². The Bertz CT molecular complexity index is 544. The molecule has 26 heavy (non-hydrogen) atoms. The van der Waals surface area contributed by atoms with Crippen molar-refractivity contribution in [1.82, 2.24) is 0 Å². The zero-order valence-electron chi connectivity index (χ0n) is 14.7. The summed E-state index contributed by atoms with van der Waals surface area (Å²) in [4.78, 5) is 10.3. The standard InChI is InChI=1S/C19H28O7/c1-19(26,12-11-15(21)9-7-10-18(24)25)17(23)14-16(22)8-5-3-2-4-6-13-20/h2-8,10-12,15-17,20-23,26H,9,13-14H2,1H3,(H,24,25). The second kappa shape index (κ2) is 13.2. The van der Waals surface area contributed by atoms with Crippen LogP contribution in [0.15, 0.2) is 60.8 Å². The van der Waals surface area contributed by atoms with Gasteiger partial charge >= 0.3 is 5.97 Å². The third-order valence-electron chi connectivity index (χ3n) is 3.34. The molecule has 4 atom stereocenters. The highest BCUT2D eigenvalue weighted by molar-refractivity contribution is 5.79. The molecular formula is C19H28O7. The first-order valence-electron chi connectivity index (χ1n) is 8.15. The Morgan fingerprint density at radius 3 is 2.27 bits per heavy atom. The van der Waals surface area contributed by atoms with Gasteiger partial charge in [0.1, 0.15) is 5.60 Å². The summed E-state index contributed by atoms with van der Waals surface area (Å²) in [5.41, 5.74) is -1.67. The van der Waals surface area contributed by atoms with E-state index in [9.17, 15) is 25.2 Å². The quantitative estimate of drug-likeness (QED) is 0.167. The summed E-state index contributed by atoms with van der Waals surface area (Å²) in [5.74, 6) is -1.12. The van der Waals surface area contributed by atoms with Crippen molar-refractivity contribution in [2.45, 2.75) is 43.7 Å². The zero-order chi connectivity index (χ0) is 20.0. The van der Waals surface area contributed by atoms with Crippen molar-refractivity contribution >= 4 is 5.97 Å². The van der Waals surface area contributed by atoms with Crippen LogP contribution in [0.25, 0.3) is 0 Å². The first-order valence-corrected chi connectivity index (χ1v) is 8.15. The molecular weight excluding hydrogens is 340 g/mol. The summed E-state index contributed by atoms with van der Waals surface area (Å²) < 4.78 is 0. The van der Waals surface area contributed by atoms with Crippen molar-refractivity contribution in [2.75, 3.05) is 6.61 Å². The molecule has 0 spiro atoms. The first-order chi connectivity index (χ1) is 12.2. The van der Waals surface area contributed by atoms with Gasteiger partial charge in [0.25, 0.3) is 0 Å². The summed E-state index contributed by atoms with van der Waals surface area (Å²) in [5, 5.41) is 56.8.